The summed E-state index contributed by atoms with van der Waals surface area (Å²) in [4.78, 5) is 7.86. The number of phenolic OH excluding ortho intramolecular Hbond substituents is 1. The van der Waals surface area contributed by atoms with E-state index >= 15 is 0 Å². The van der Waals surface area contributed by atoms with Gasteiger partial charge in [0, 0.05) is 41.4 Å². The molecule has 1 N–H and O–H groups in total. The fourth-order valence-electron chi connectivity index (χ4n) is 8.83. The number of phenols is 1. The van der Waals surface area contributed by atoms with Crippen LogP contribution < -0.4 is 4.74 Å². The molecule has 1 aromatic heterocycles. The Morgan fingerprint density at radius 1 is 1.02 bits per heavy atom. The molecule has 4 aromatic rings. The second kappa shape index (κ2) is 9.93. The molecule has 0 amide bonds. The Morgan fingerprint density at radius 2 is 1.86 bits per heavy atom. The van der Waals surface area contributed by atoms with Gasteiger partial charge in [0.1, 0.15) is 5.60 Å². The van der Waals surface area contributed by atoms with Crippen molar-refractivity contribution in [2.45, 2.75) is 55.3 Å². The summed E-state index contributed by atoms with van der Waals surface area (Å²) in [6, 6.07) is 24.8. The number of nitrogens with zero attached hydrogens (tertiary/aromatic N) is 2. The summed E-state index contributed by atoms with van der Waals surface area (Å²) in [7, 11) is 0. The van der Waals surface area contributed by atoms with Crippen molar-refractivity contribution in [2.24, 2.45) is 5.92 Å². The molecule has 9 rings (SSSR count). The van der Waals surface area contributed by atoms with Crippen LogP contribution in [0, 0.1) is 5.92 Å². The number of benzene rings is 3. The third-order valence-corrected chi connectivity index (χ3v) is 11.2. The van der Waals surface area contributed by atoms with E-state index in [9.17, 15) is 5.11 Å². The average Bonchev–Trinajstić information content (AvgIpc) is 3.79. The van der Waals surface area contributed by atoms with Crippen LogP contribution in [0.4, 0.5) is 0 Å². The van der Waals surface area contributed by atoms with E-state index in [0.717, 1.165) is 71.2 Å². The predicted octanol–water partition coefficient (Wildman–Crippen LogP) is 7.54. The molecule has 5 nitrogen and oxygen atoms in total. The second-order valence-electron chi connectivity index (χ2n) is 13.3. The number of aromatic hydroxyl groups is 1. The van der Waals surface area contributed by atoms with Crippen molar-refractivity contribution in [3.8, 4) is 22.6 Å². The van der Waals surface area contributed by atoms with Crippen molar-refractivity contribution in [1.29, 1.82) is 0 Å². The van der Waals surface area contributed by atoms with Gasteiger partial charge in [0.15, 0.2) is 17.6 Å². The lowest BCUT2D eigenvalue weighted by Gasteiger charge is -2.64. The number of likely N-dealkylation sites (tertiary alicyclic amines) is 1. The van der Waals surface area contributed by atoms with Gasteiger partial charge < -0.3 is 14.6 Å². The summed E-state index contributed by atoms with van der Waals surface area (Å²) in [5.74, 6) is 1.62. The van der Waals surface area contributed by atoms with Crippen LogP contribution in [-0.2, 0) is 23.0 Å². The van der Waals surface area contributed by atoms with Gasteiger partial charge in [-0.25, -0.2) is 0 Å². The number of piperidine rings is 1. The van der Waals surface area contributed by atoms with E-state index in [2.05, 4.69) is 65.6 Å². The number of hydrogen-bond donors (Lipinski definition) is 1. The summed E-state index contributed by atoms with van der Waals surface area (Å²) >= 11 is 6.22. The van der Waals surface area contributed by atoms with Crippen LogP contribution in [0.3, 0.4) is 0 Å². The third kappa shape index (κ3) is 3.89. The van der Waals surface area contributed by atoms with E-state index in [0.29, 0.717) is 12.4 Å². The first-order valence-corrected chi connectivity index (χ1v) is 16.3. The fraction of sp³-hybridized carbons (Fsp3) is 0.342. The summed E-state index contributed by atoms with van der Waals surface area (Å²) in [6.45, 7) is 2.62. The average molecular weight is 603 g/mol. The third-order valence-electron chi connectivity index (χ3n) is 10.9. The quantitative estimate of drug-likeness (QED) is 0.237. The molecule has 3 aromatic carbocycles. The first-order chi connectivity index (χ1) is 21.6. The minimum atomic E-state index is -0.537. The predicted molar refractivity (Wildman–Crippen MR) is 172 cm³/mol. The van der Waals surface area contributed by atoms with Gasteiger partial charge in [-0.2, -0.15) is 0 Å². The highest BCUT2D eigenvalue weighted by Gasteiger charge is 2.73. The summed E-state index contributed by atoms with van der Waals surface area (Å²) in [5.41, 5.74) is 6.92. The number of fused-ring (bicyclic) bond motifs is 2. The number of halogens is 1. The van der Waals surface area contributed by atoms with Gasteiger partial charge in [-0.1, -0.05) is 72.3 Å². The number of aromatic nitrogens is 1. The first kappa shape index (κ1) is 26.7. The van der Waals surface area contributed by atoms with Crippen LogP contribution in [0.25, 0.3) is 17.2 Å². The van der Waals surface area contributed by atoms with Crippen molar-refractivity contribution >= 4 is 17.7 Å². The zero-order valence-corrected chi connectivity index (χ0v) is 25.3. The van der Waals surface area contributed by atoms with E-state index in [1.54, 1.807) is 0 Å². The molecule has 3 aliphatic carbocycles. The summed E-state index contributed by atoms with van der Waals surface area (Å²) in [6.07, 6.45) is 11.1. The maximum Gasteiger partial charge on any atom is 0.166 e. The zero-order valence-electron chi connectivity index (χ0n) is 24.6. The minimum Gasteiger partial charge on any atom is -0.504 e. The van der Waals surface area contributed by atoms with Gasteiger partial charge in [0.25, 0.3) is 0 Å². The topological polar surface area (TPSA) is 54.8 Å². The highest BCUT2D eigenvalue weighted by atomic mass is 35.5. The Morgan fingerprint density at radius 3 is 2.68 bits per heavy atom. The number of ether oxygens (including phenoxy) is 2. The SMILES string of the molecule is Oc1ccc2c3c1O[C@H]1c4ncc(-c5ccc(Cl)cc5)cc4C[C@@]4(OC/C=C/c5ccccc5)C(C2)N(CC2CC2)CC[C@]314. The van der Waals surface area contributed by atoms with E-state index in [1.165, 1.54) is 24.0 Å². The van der Waals surface area contributed by atoms with E-state index in [4.69, 9.17) is 26.1 Å². The molecule has 3 heterocycles. The highest BCUT2D eigenvalue weighted by Crippen LogP contribution is 2.69. The molecule has 2 aliphatic heterocycles. The van der Waals surface area contributed by atoms with Gasteiger partial charge in [-0.3, -0.25) is 9.88 Å². The van der Waals surface area contributed by atoms with Crippen LogP contribution >= 0.6 is 11.6 Å². The van der Waals surface area contributed by atoms with Gasteiger partial charge >= 0.3 is 0 Å². The molecular formula is C38H35ClN2O3. The molecule has 1 unspecified atom stereocenters. The molecule has 1 saturated carbocycles. The van der Waals surface area contributed by atoms with Crippen LogP contribution in [-0.4, -0.2) is 46.3 Å². The normalized spacial score (nSPS) is 28.0. The van der Waals surface area contributed by atoms with Crippen molar-refractivity contribution < 1.29 is 14.6 Å². The number of rotatable bonds is 7. The van der Waals surface area contributed by atoms with Crippen molar-refractivity contribution in [3.05, 3.63) is 118 Å². The van der Waals surface area contributed by atoms with Gasteiger partial charge in [0.2, 0.25) is 0 Å². The zero-order chi connectivity index (χ0) is 29.5. The smallest absolute Gasteiger partial charge is 0.166 e. The summed E-state index contributed by atoms with van der Waals surface area (Å²) < 4.78 is 14.2. The molecule has 5 aliphatic rings. The first-order valence-electron chi connectivity index (χ1n) is 15.9. The molecule has 1 saturated heterocycles. The molecule has 4 atom stereocenters. The lowest BCUT2D eigenvalue weighted by molar-refractivity contribution is -0.199. The number of hydrogen-bond acceptors (Lipinski definition) is 5. The molecule has 2 fully saturated rings. The van der Waals surface area contributed by atoms with E-state index in [1.807, 2.05) is 30.5 Å². The maximum atomic E-state index is 11.2. The Balaban J connectivity index is 1.21. The molecule has 0 radical (unpaired) electrons. The van der Waals surface area contributed by atoms with Crippen molar-refractivity contribution in [3.63, 3.8) is 0 Å². The molecule has 2 bridgehead atoms. The van der Waals surface area contributed by atoms with Crippen LogP contribution in [0.15, 0.2) is 85.1 Å². The largest absolute Gasteiger partial charge is 0.504 e. The van der Waals surface area contributed by atoms with E-state index in [-0.39, 0.29) is 17.9 Å². The lowest BCUT2D eigenvalue weighted by atomic mass is 9.48. The second-order valence-corrected chi connectivity index (χ2v) is 13.7. The monoisotopic (exact) mass is 602 g/mol. The van der Waals surface area contributed by atoms with Crippen LogP contribution in [0.2, 0.25) is 5.02 Å². The molecule has 222 valence electrons. The standard InChI is InChI=1S/C38H35ClN2O3/c39-30-13-10-26(11-14-30)29-19-28-21-38(43-18-4-7-24-5-2-1-3-6-24)32-20-27-12-15-31(42)35-33(27)37(38,36(44-35)34(28)40-22-29)16-17-41(32)23-25-8-9-25/h1-7,10-15,19,22,25,32,36,42H,8-9,16-18,20-21,23H2/b7-4+/t32?,36-,37-,38+/m0/s1. The van der Waals surface area contributed by atoms with Crippen LogP contribution in [0.1, 0.15) is 53.3 Å². The van der Waals surface area contributed by atoms with Crippen molar-refractivity contribution in [2.75, 3.05) is 19.7 Å². The van der Waals surface area contributed by atoms with Gasteiger partial charge in [-0.05, 0) is 84.7 Å². The number of pyridine rings is 1. The Kier molecular flexibility index (Phi) is 6.04. The fourth-order valence-corrected chi connectivity index (χ4v) is 8.96. The maximum absolute atomic E-state index is 11.2. The lowest BCUT2D eigenvalue weighted by Crippen LogP contribution is -2.75. The highest BCUT2D eigenvalue weighted by molar-refractivity contribution is 6.30. The van der Waals surface area contributed by atoms with Gasteiger partial charge in [-0.15, -0.1) is 0 Å². The molecule has 44 heavy (non-hydrogen) atoms. The Bertz CT molecular complexity index is 1790. The molecule has 1 spiro atoms. The van der Waals surface area contributed by atoms with E-state index < -0.39 is 11.0 Å². The molecular weight excluding hydrogens is 568 g/mol. The Labute approximate surface area is 263 Å². The molecule has 6 heteroatoms. The summed E-state index contributed by atoms with van der Waals surface area (Å²) in [5, 5.41) is 11.9. The van der Waals surface area contributed by atoms with Crippen molar-refractivity contribution in [1.82, 2.24) is 9.88 Å². The van der Waals surface area contributed by atoms with Gasteiger partial charge in [0.05, 0.1) is 17.7 Å². The Hall–Kier alpha value is -3.64. The minimum absolute atomic E-state index is 0.198. The van der Waals surface area contributed by atoms with Crippen LogP contribution in [0.5, 0.6) is 11.5 Å².